The van der Waals surface area contributed by atoms with E-state index in [1.807, 2.05) is 12.1 Å². The largest absolute Gasteiger partial charge is 0.465 e. The molecule has 1 aliphatic heterocycles. The Morgan fingerprint density at radius 1 is 1.15 bits per heavy atom. The van der Waals surface area contributed by atoms with Gasteiger partial charge < -0.3 is 9.30 Å². The third-order valence-corrected chi connectivity index (χ3v) is 7.75. The highest BCUT2D eigenvalue weighted by Gasteiger charge is 2.27. The summed E-state index contributed by atoms with van der Waals surface area (Å²) in [6, 6.07) is 5.70. The zero-order valence-corrected chi connectivity index (χ0v) is 16.6. The molecule has 0 unspecified atom stereocenters. The second kappa shape index (κ2) is 7.28. The molecular formula is C20H26N2O4S. The molecule has 0 bridgehead atoms. The van der Waals surface area contributed by atoms with E-state index in [2.05, 4.69) is 4.57 Å². The fourth-order valence-corrected chi connectivity index (χ4v) is 5.80. The first kappa shape index (κ1) is 18.5. The van der Waals surface area contributed by atoms with Gasteiger partial charge in [0.15, 0.2) is 0 Å². The third kappa shape index (κ3) is 3.38. The normalized spacial score (nSPS) is 17.5. The summed E-state index contributed by atoms with van der Waals surface area (Å²) in [6.07, 6.45) is 5.90. The van der Waals surface area contributed by atoms with Crippen molar-refractivity contribution in [3.05, 3.63) is 35.0 Å². The molecule has 1 aromatic carbocycles. The lowest BCUT2D eigenvalue weighted by Gasteiger charge is -2.29. The van der Waals surface area contributed by atoms with Crippen LogP contribution in [-0.2, 0) is 34.1 Å². The smallest absolute Gasteiger partial charge is 0.337 e. The number of methoxy groups -OCH3 is 1. The van der Waals surface area contributed by atoms with Crippen LogP contribution in [0.15, 0.2) is 18.2 Å². The maximum atomic E-state index is 12.3. The van der Waals surface area contributed by atoms with Gasteiger partial charge in [0.2, 0.25) is 10.0 Å². The number of sulfonamides is 1. The van der Waals surface area contributed by atoms with Gasteiger partial charge in [0.25, 0.3) is 0 Å². The standard InChI is InChI=1S/C20H26N2O4S/c1-26-20(23)15-8-9-19-17(14-15)16-6-2-3-7-18(16)22(19)12-5-13-27(24,25)21-10-4-11-21/h8-9,14H,2-7,10-13H2,1H3. The van der Waals surface area contributed by atoms with Gasteiger partial charge in [-0.1, -0.05) is 0 Å². The summed E-state index contributed by atoms with van der Waals surface area (Å²) >= 11 is 0. The van der Waals surface area contributed by atoms with Gasteiger partial charge in [-0.15, -0.1) is 0 Å². The van der Waals surface area contributed by atoms with Crippen molar-refractivity contribution in [2.45, 2.75) is 45.1 Å². The van der Waals surface area contributed by atoms with E-state index >= 15 is 0 Å². The predicted octanol–water partition coefficient (Wildman–Crippen LogP) is 2.73. The number of aromatic nitrogens is 1. The molecule has 0 N–H and O–H groups in total. The third-order valence-electron chi connectivity index (χ3n) is 5.79. The second-order valence-electron chi connectivity index (χ2n) is 7.43. The van der Waals surface area contributed by atoms with Crippen molar-refractivity contribution in [2.75, 3.05) is 26.0 Å². The summed E-state index contributed by atoms with van der Waals surface area (Å²) in [5, 5.41) is 1.11. The number of hydrogen-bond acceptors (Lipinski definition) is 4. The van der Waals surface area contributed by atoms with Crippen LogP contribution >= 0.6 is 0 Å². The Balaban J connectivity index is 1.62. The number of ether oxygens (including phenoxy) is 1. The molecule has 1 fully saturated rings. The number of hydrogen-bond donors (Lipinski definition) is 0. The number of aryl methyl sites for hydroxylation is 2. The number of nitrogens with zero attached hydrogens (tertiary/aromatic N) is 2. The van der Waals surface area contributed by atoms with E-state index in [0.29, 0.717) is 31.6 Å². The van der Waals surface area contributed by atoms with Crippen molar-refractivity contribution in [1.82, 2.24) is 8.87 Å². The molecule has 146 valence electrons. The van der Waals surface area contributed by atoms with Gasteiger partial charge in [0.1, 0.15) is 0 Å². The molecule has 1 saturated heterocycles. The molecule has 6 nitrogen and oxygen atoms in total. The minimum absolute atomic E-state index is 0.196. The molecule has 27 heavy (non-hydrogen) atoms. The quantitative estimate of drug-likeness (QED) is 0.711. The molecular weight excluding hydrogens is 364 g/mol. The van der Waals surface area contributed by atoms with E-state index < -0.39 is 10.0 Å². The Morgan fingerprint density at radius 3 is 2.63 bits per heavy atom. The van der Waals surface area contributed by atoms with Gasteiger partial charge in [0, 0.05) is 36.2 Å². The summed E-state index contributed by atoms with van der Waals surface area (Å²) in [7, 11) is -1.72. The van der Waals surface area contributed by atoms with Crippen molar-refractivity contribution < 1.29 is 17.9 Å². The zero-order valence-electron chi connectivity index (χ0n) is 15.7. The number of carbonyl (C=O) groups excluding carboxylic acids is 1. The average Bonchev–Trinajstić information content (AvgIpc) is 2.92. The Kier molecular flexibility index (Phi) is 4.99. The summed E-state index contributed by atoms with van der Waals surface area (Å²) in [6.45, 7) is 2.03. The molecule has 4 rings (SSSR count). The lowest BCUT2D eigenvalue weighted by atomic mass is 9.95. The van der Waals surface area contributed by atoms with Crippen LogP contribution < -0.4 is 0 Å². The zero-order chi connectivity index (χ0) is 19.0. The number of carbonyl (C=O) groups is 1. The van der Waals surface area contributed by atoms with Crippen molar-refractivity contribution in [1.29, 1.82) is 0 Å². The number of fused-ring (bicyclic) bond motifs is 3. The lowest BCUT2D eigenvalue weighted by Crippen LogP contribution is -2.43. The van der Waals surface area contributed by atoms with Gasteiger partial charge in [-0.25, -0.2) is 17.5 Å². The van der Waals surface area contributed by atoms with Crippen LogP contribution in [0.5, 0.6) is 0 Å². The molecule has 2 aliphatic rings. The molecule has 0 saturated carbocycles. The average molecular weight is 391 g/mol. The SMILES string of the molecule is COC(=O)c1ccc2c(c1)c1c(n2CCCS(=O)(=O)N2CCC2)CCCC1. The maximum absolute atomic E-state index is 12.3. The Labute approximate surface area is 160 Å². The van der Waals surface area contributed by atoms with Crippen LogP contribution in [0.2, 0.25) is 0 Å². The number of rotatable bonds is 6. The summed E-state index contributed by atoms with van der Waals surface area (Å²) in [4.78, 5) is 11.9. The monoisotopic (exact) mass is 390 g/mol. The van der Waals surface area contributed by atoms with E-state index in [4.69, 9.17) is 4.74 Å². The predicted molar refractivity (Wildman–Crippen MR) is 105 cm³/mol. The lowest BCUT2D eigenvalue weighted by molar-refractivity contribution is 0.0601. The topological polar surface area (TPSA) is 68.6 Å². The fourth-order valence-electron chi connectivity index (χ4n) is 4.24. The molecule has 0 radical (unpaired) electrons. The first-order valence-electron chi connectivity index (χ1n) is 9.71. The highest BCUT2D eigenvalue weighted by atomic mass is 32.2. The van der Waals surface area contributed by atoms with Crippen molar-refractivity contribution >= 4 is 26.9 Å². The van der Waals surface area contributed by atoms with Crippen LogP contribution in [0.3, 0.4) is 0 Å². The van der Waals surface area contributed by atoms with Gasteiger partial charge in [-0.05, 0) is 62.3 Å². The molecule has 7 heteroatoms. The molecule has 0 spiro atoms. The number of benzene rings is 1. The first-order chi connectivity index (χ1) is 13.0. The van der Waals surface area contributed by atoms with Crippen LogP contribution in [0, 0.1) is 0 Å². The van der Waals surface area contributed by atoms with Gasteiger partial charge in [-0.2, -0.15) is 0 Å². The molecule has 0 atom stereocenters. The van der Waals surface area contributed by atoms with Crippen molar-refractivity contribution in [3.63, 3.8) is 0 Å². The number of esters is 1. The summed E-state index contributed by atoms with van der Waals surface area (Å²) < 4.78 is 33.3. The Hall–Kier alpha value is -1.86. The minimum Gasteiger partial charge on any atom is -0.465 e. The fraction of sp³-hybridized carbons (Fsp3) is 0.550. The first-order valence-corrected chi connectivity index (χ1v) is 11.3. The summed E-state index contributed by atoms with van der Waals surface area (Å²) in [5.74, 6) is -0.128. The van der Waals surface area contributed by atoms with Crippen LogP contribution in [-0.4, -0.2) is 49.2 Å². The van der Waals surface area contributed by atoms with Crippen LogP contribution in [0.4, 0.5) is 0 Å². The van der Waals surface area contributed by atoms with E-state index in [-0.39, 0.29) is 11.7 Å². The van der Waals surface area contributed by atoms with Gasteiger partial charge >= 0.3 is 5.97 Å². The van der Waals surface area contributed by atoms with Gasteiger partial charge in [-0.3, -0.25) is 0 Å². The van der Waals surface area contributed by atoms with Crippen LogP contribution in [0.1, 0.15) is 47.3 Å². The highest BCUT2D eigenvalue weighted by Crippen LogP contribution is 2.33. The molecule has 1 aromatic heterocycles. The minimum atomic E-state index is -3.11. The summed E-state index contributed by atoms with van der Waals surface area (Å²) in [5.41, 5.74) is 4.28. The molecule has 2 heterocycles. The molecule has 0 amide bonds. The molecule has 2 aromatic rings. The van der Waals surface area contributed by atoms with E-state index in [9.17, 15) is 13.2 Å². The maximum Gasteiger partial charge on any atom is 0.337 e. The Bertz CT molecular complexity index is 974. The van der Waals surface area contributed by atoms with Crippen molar-refractivity contribution in [2.24, 2.45) is 0 Å². The van der Waals surface area contributed by atoms with Crippen molar-refractivity contribution in [3.8, 4) is 0 Å². The Morgan fingerprint density at radius 2 is 1.93 bits per heavy atom. The van der Waals surface area contributed by atoms with Crippen LogP contribution in [0.25, 0.3) is 10.9 Å². The molecule has 1 aliphatic carbocycles. The van der Waals surface area contributed by atoms with E-state index in [1.165, 1.54) is 18.4 Å². The van der Waals surface area contributed by atoms with E-state index in [1.54, 1.807) is 10.4 Å². The van der Waals surface area contributed by atoms with E-state index in [0.717, 1.165) is 43.0 Å². The second-order valence-corrected chi connectivity index (χ2v) is 9.52. The highest BCUT2D eigenvalue weighted by molar-refractivity contribution is 7.89. The van der Waals surface area contributed by atoms with Gasteiger partial charge in [0.05, 0.1) is 18.4 Å².